The van der Waals surface area contributed by atoms with E-state index in [9.17, 15) is 30.4 Å². The van der Waals surface area contributed by atoms with Crippen LogP contribution in [0.3, 0.4) is 0 Å². The molecule has 0 saturated carbocycles. The third-order valence-corrected chi connectivity index (χ3v) is 3.90. The predicted molar refractivity (Wildman–Crippen MR) is 61.5 cm³/mol. The van der Waals surface area contributed by atoms with Crippen molar-refractivity contribution in [1.82, 2.24) is 4.98 Å². The summed E-state index contributed by atoms with van der Waals surface area (Å²) in [6.07, 6.45) is -8.19. The van der Waals surface area contributed by atoms with Crippen molar-refractivity contribution in [2.45, 2.75) is 23.0 Å². The number of halogens is 7. The number of aromatic nitrogens is 1. The fraction of sp³-hybridized carbons (Fsp3) is 0.375. The fourth-order valence-electron chi connectivity index (χ4n) is 1.31. The van der Waals surface area contributed by atoms with Crippen molar-refractivity contribution in [2.24, 2.45) is 0 Å². The van der Waals surface area contributed by atoms with E-state index in [1.54, 1.807) is 0 Å². The molecule has 0 atom stereocenters. The molecule has 4 nitrogen and oxygen atoms in total. The minimum atomic E-state index is -5.23. The third kappa shape index (κ3) is 4.16. The zero-order valence-electron chi connectivity index (χ0n) is 9.09. The van der Waals surface area contributed by atoms with Gasteiger partial charge in [-0.25, -0.2) is 17.2 Å². The maximum atomic E-state index is 12.7. The standard InChI is InChI=1S/C8H4BrClF5NO3S/c9-1-3-5(7(11)12)16-2-4(19-8(13,14)15)6(3)20(10,17)18/h2,7H,1H2. The van der Waals surface area contributed by atoms with Crippen molar-refractivity contribution >= 4 is 35.7 Å². The van der Waals surface area contributed by atoms with Gasteiger partial charge < -0.3 is 4.74 Å². The summed E-state index contributed by atoms with van der Waals surface area (Å²) in [4.78, 5) is 1.88. The molecule has 0 radical (unpaired) electrons. The van der Waals surface area contributed by atoms with Crippen LogP contribution in [0.25, 0.3) is 0 Å². The highest BCUT2D eigenvalue weighted by molar-refractivity contribution is 9.08. The Morgan fingerprint density at radius 2 is 1.95 bits per heavy atom. The largest absolute Gasteiger partial charge is 0.573 e. The fourth-order valence-corrected chi connectivity index (χ4v) is 3.38. The summed E-state index contributed by atoms with van der Waals surface area (Å²) < 4.78 is 87.9. The summed E-state index contributed by atoms with van der Waals surface area (Å²) in [6, 6.07) is 0. The molecule has 114 valence electrons. The zero-order chi connectivity index (χ0) is 15.7. The lowest BCUT2D eigenvalue weighted by atomic mass is 10.2. The van der Waals surface area contributed by atoms with Gasteiger partial charge in [-0.05, 0) is 0 Å². The van der Waals surface area contributed by atoms with Gasteiger partial charge in [-0.2, -0.15) is 0 Å². The zero-order valence-corrected chi connectivity index (χ0v) is 12.2. The Morgan fingerprint density at radius 1 is 1.40 bits per heavy atom. The van der Waals surface area contributed by atoms with Gasteiger partial charge in [-0.15, -0.1) is 13.2 Å². The molecule has 1 aromatic rings. The van der Waals surface area contributed by atoms with Gasteiger partial charge in [0.05, 0.1) is 6.20 Å². The van der Waals surface area contributed by atoms with E-state index in [2.05, 4.69) is 25.7 Å². The Balaban J connectivity index is 3.63. The molecule has 0 bridgehead atoms. The summed E-state index contributed by atoms with van der Waals surface area (Å²) in [5.74, 6) is -1.27. The summed E-state index contributed by atoms with van der Waals surface area (Å²) >= 11 is 2.70. The highest BCUT2D eigenvalue weighted by Gasteiger charge is 2.36. The molecule has 0 aliphatic rings. The average Bonchev–Trinajstić information content (AvgIpc) is 2.23. The summed E-state index contributed by atoms with van der Waals surface area (Å²) in [7, 11) is 0.224. The smallest absolute Gasteiger partial charge is 0.403 e. The molecule has 0 N–H and O–H groups in total. The first-order valence-electron chi connectivity index (χ1n) is 4.53. The first-order chi connectivity index (χ1) is 8.97. The van der Waals surface area contributed by atoms with Gasteiger partial charge in [0.15, 0.2) is 5.75 Å². The van der Waals surface area contributed by atoms with Crippen LogP contribution in [0.2, 0.25) is 0 Å². The van der Waals surface area contributed by atoms with E-state index in [-0.39, 0.29) is 6.20 Å². The molecule has 0 spiro atoms. The Labute approximate surface area is 122 Å². The van der Waals surface area contributed by atoms with Gasteiger partial charge in [0.2, 0.25) is 0 Å². The van der Waals surface area contributed by atoms with Gasteiger partial charge >= 0.3 is 6.36 Å². The van der Waals surface area contributed by atoms with Gasteiger partial charge in [-0.1, -0.05) is 15.9 Å². The van der Waals surface area contributed by atoms with E-state index in [0.717, 1.165) is 0 Å². The normalized spacial score (nSPS) is 12.8. The summed E-state index contributed by atoms with van der Waals surface area (Å²) in [6.45, 7) is 0. The number of ether oxygens (including phenoxy) is 1. The van der Waals surface area contributed by atoms with Crippen LogP contribution in [-0.2, 0) is 14.4 Å². The Bertz CT molecular complexity index is 607. The maximum absolute atomic E-state index is 12.7. The summed E-state index contributed by atoms with van der Waals surface area (Å²) in [5, 5.41) is -0.504. The number of hydrogen-bond donors (Lipinski definition) is 0. The van der Waals surface area contributed by atoms with Gasteiger partial charge in [-0.3, -0.25) is 4.98 Å². The predicted octanol–water partition coefficient (Wildman–Crippen LogP) is 3.74. The molecular formula is C8H4BrClF5NO3S. The molecule has 1 aromatic heterocycles. The molecule has 12 heteroatoms. The van der Waals surface area contributed by atoms with Crippen LogP contribution in [0.5, 0.6) is 5.75 Å². The number of nitrogens with zero attached hydrogens (tertiary/aromatic N) is 1. The van der Waals surface area contributed by atoms with Crippen LogP contribution < -0.4 is 4.74 Å². The quantitative estimate of drug-likeness (QED) is 0.436. The number of hydrogen-bond acceptors (Lipinski definition) is 4. The van der Waals surface area contributed by atoms with Crippen LogP contribution in [0, 0.1) is 0 Å². The molecule has 0 unspecified atom stereocenters. The molecular weight excluding hydrogens is 401 g/mol. The number of rotatable bonds is 4. The molecule has 20 heavy (non-hydrogen) atoms. The molecule has 1 heterocycles. The lowest BCUT2D eigenvalue weighted by Gasteiger charge is -2.15. The first-order valence-corrected chi connectivity index (χ1v) is 7.96. The maximum Gasteiger partial charge on any atom is 0.573 e. The molecule has 1 rings (SSSR count). The molecule has 0 fully saturated rings. The topological polar surface area (TPSA) is 56.3 Å². The van der Waals surface area contributed by atoms with E-state index >= 15 is 0 Å². The second-order valence-electron chi connectivity index (χ2n) is 3.24. The van der Waals surface area contributed by atoms with Gasteiger partial charge in [0, 0.05) is 21.6 Å². The molecule has 0 aromatic carbocycles. The molecule has 0 aliphatic heterocycles. The average molecular weight is 405 g/mol. The van der Waals surface area contributed by atoms with Crippen molar-refractivity contribution in [1.29, 1.82) is 0 Å². The van der Waals surface area contributed by atoms with Crippen molar-refractivity contribution in [3.05, 3.63) is 17.5 Å². The minimum Gasteiger partial charge on any atom is -0.403 e. The minimum absolute atomic E-state index is 0.233. The van der Waals surface area contributed by atoms with Crippen molar-refractivity contribution in [2.75, 3.05) is 0 Å². The molecule has 0 saturated heterocycles. The van der Waals surface area contributed by atoms with Gasteiger partial charge in [0.25, 0.3) is 15.5 Å². The van der Waals surface area contributed by atoms with E-state index in [1.807, 2.05) is 0 Å². The first kappa shape index (κ1) is 17.4. The monoisotopic (exact) mass is 403 g/mol. The lowest BCUT2D eigenvalue weighted by Crippen LogP contribution is -2.20. The second-order valence-corrected chi connectivity index (χ2v) is 6.30. The summed E-state index contributed by atoms with van der Waals surface area (Å²) in [5.41, 5.74) is -1.70. The van der Waals surface area contributed by atoms with E-state index in [0.29, 0.717) is 0 Å². The van der Waals surface area contributed by atoms with Crippen LogP contribution in [0.1, 0.15) is 17.7 Å². The van der Waals surface area contributed by atoms with E-state index in [1.165, 1.54) is 0 Å². The second kappa shape index (κ2) is 5.98. The van der Waals surface area contributed by atoms with E-state index < -0.39 is 49.1 Å². The van der Waals surface area contributed by atoms with Crippen LogP contribution in [0.4, 0.5) is 22.0 Å². The molecule has 0 amide bonds. The van der Waals surface area contributed by atoms with E-state index in [4.69, 9.17) is 10.7 Å². The number of alkyl halides is 6. The van der Waals surface area contributed by atoms with Crippen molar-refractivity contribution in [3.63, 3.8) is 0 Å². The Kier molecular flexibility index (Phi) is 5.19. The lowest BCUT2D eigenvalue weighted by molar-refractivity contribution is -0.275. The SMILES string of the molecule is O=S(=O)(Cl)c1c(OC(F)(F)F)cnc(C(F)F)c1CBr. The third-order valence-electron chi connectivity index (χ3n) is 1.94. The highest BCUT2D eigenvalue weighted by Crippen LogP contribution is 2.38. The Hall–Kier alpha value is -0.680. The van der Waals surface area contributed by atoms with Crippen molar-refractivity contribution in [3.8, 4) is 5.75 Å². The van der Waals surface area contributed by atoms with Crippen LogP contribution in [0.15, 0.2) is 11.1 Å². The number of pyridine rings is 1. The van der Waals surface area contributed by atoms with Crippen LogP contribution in [-0.4, -0.2) is 19.8 Å². The van der Waals surface area contributed by atoms with Gasteiger partial charge in [0.1, 0.15) is 10.6 Å². The van der Waals surface area contributed by atoms with Crippen LogP contribution >= 0.6 is 26.6 Å². The molecule has 0 aliphatic carbocycles. The Morgan fingerprint density at radius 3 is 2.30 bits per heavy atom. The highest BCUT2D eigenvalue weighted by atomic mass is 79.9. The van der Waals surface area contributed by atoms with Crippen molar-refractivity contribution < 1.29 is 35.1 Å².